The molecule has 0 atom stereocenters. The van der Waals surface area contributed by atoms with E-state index in [1.807, 2.05) is 0 Å². The van der Waals surface area contributed by atoms with Crippen molar-refractivity contribution in [3.63, 3.8) is 0 Å². The minimum Gasteiger partial charge on any atom is -0.508 e. The Hall–Kier alpha value is -2.80. The van der Waals surface area contributed by atoms with Crippen LogP contribution in [-0.2, 0) is 0 Å². The number of nitrogens with zero attached hydrogens (tertiary/aromatic N) is 3. The van der Waals surface area contributed by atoms with Gasteiger partial charge in [-0.25, -0.2) is 9.49 Å². The Morgan fingerprint density at radius 2 is 2.00 bits per heavy atom. The zero-order valence-electron chi connectivity index (χ0n) is 11.3. The average Bonchev–Trinajstić information content (AvgIpc) is 2.88. The van der Waals surface area contributed by atoms with Crippen molar-refractivity contribution in [3.05, 3.63) is 64.7 Å². The van der Waals surface area contributed by atoms with Gasteiger partial charge in [-0.3, -0.25) is 0 Å². The lowest BCUT2D eigenvalue weighted by molar-refractivity contribution is 0.475. The van der Waals surface area contributed by atoms with E-state index in [4.69, 9.17) is 12.2 Å². The molecule has 0 saturated carbocycles. The van der Waals surface area contributed by atoms with E-state index in [-0.39, 0.29) is 11.6 Å². The van der Waals surface area contributed by atoms with E-state index in [9.17, 15) is 9.50 Å². The summed E-state index contributed by atoms with van der Waals surface area (Å²) in [4.78, 5) is 0. The second-order valence-corrected chi connectivity index (χ2v) is 4.90. The van der Waals surface area contributed by atoms with Gasteiger partial charge in [0.1, 0.15) is 11.6 Å². The number of rotatable bonds is 3. The normalized spacial score (nSPS) is 11.1. The first-order valence-corrected chi connectivity index (χ1v) is 6.81. The number of aromatic hydroxyl groups is 1. The molecule has 3 rings (SSSR count). The highest BCUT2D eigenvalue weighted by Gasteiger charge is 2.08. The van der Waals surface area contributed by atoms with Crippen LogP contribution in [0.25, 0.3) is 11.4 Å². The van der Waals surface area contributed by atoms with Crippen molar-refractivity contribution < 1.29 is 9.50 Å². The number of hydrogen-bond donors (Lipinski definition) is 2. The molecule has 5 nitrogen and oxygen atoms in total. The molecule has 0 amide bonds. The molecule has 0 aliphatic carbocycles. The van der Waals surface area contributed by atoms with Gasteiger partial charge in [-0.1, -0.05) is 12.1 Å². The second kappa shape index (κ2) is 5.90. The molecule has 0 bridgehead atoms. The number of hydrogen-bond acceptors (Lipinski definition) is 4. The van der Waals surface area contributed by atoms with E-state index in [1.54, 1.807) is 42.6 Å². The first-order chi connectivity index (χ1) is 10.6. The number of aromatic amines is 1. The fourth-order valence-electron chi connectivity index (χ4n) is 1.90. The number of aromatic nitrogens is 3. The van der Waals surface area contributed by atoms with E-state index in [0.717, 1.165) is 5.56 Å². The summed E-state index contributed by atoms with van der Waals surface area (Å²) in [5.41, 5.74) is 1.35. The van der Waals surface area contributed by atoms with Crippen LogP contribution in [0.3, 0.4) is 0 Å². The molecule has 0 spiro atoms. The molecule has 0 radical (unpaired) electrons. The second-order valence-electron chi connectivity index (χ2n) is 4.51. The minimum atomic E-state index is -0.361. The Labute approximate surface area is 130 Å². The number of phenols is 1. The highest BCUT2D eigenvalue weighted by atomic mass is 32.1. The van der Waals surface area contributed by atoms with Crippen LogP contribution in [0.1, 0.15) is 5.56 Å². The largest absolute Gasteiger partial charge is 0.508 e. The van der Waals surface area contributed by atoms with Crippen molar-refractivity contribution in [2.75, 3.05) is 0 Å². The van der Waals surface area contributed by atoms with Crippen LogP contribution in [0.5, 0.6) is 5.75 Å². The summed E-state index contributed by atoms with van der Waals surface area (Å²) in [7, 11) is 0. The number of benzene rings is 2. The first-order valence-electron chi connectivity index (χ1n) is 6.40. The molecule has 3 aromatic rings. The monoisotopic (exact) mass is 314 g/mol. The predicted molar refractivity (Wildman–Crippen MR) is 83.9 cm³/mol. The maximum Gasteiger partial charge on any atom is 0.216 e. The number of halogens is 1. The molecule has 110 valence electrons. The summed E-state index contributed by atoms with van der Waals surface area (Å²) in [6.45, 7) is 0. The Morgan fingerprint density at radius 3 is 2.73 bits per heavy atom. The van der Waals surface area contributed by atoms with Gasteiger partial charge in [0.05, 0.1) is 6.21 Å². The van der Waals surface area contributed by atoms with Crippen molar-refractivity contribution in [2.24, 2.45) is 5.10 Å². The summed E-state index contributed by atoms with van der Waals surface area (Å²) in [5.74, 6) is 0.234. The molecule has 2 aromatic carbocycles. The van der Waals surface area contributed by atoms with Gasteiger partial charge in [0.15, 0.2) is 5.82 Å². The molecule has 1 aromatic heterocycles. The first kappa shape index (κ1) is 14.2. The van der Waals surface area contributed by atoms with E-state index in [2.05, 4.69) is 15.3 Å². The van der Waals surface area contributed by atoms with Crippen LogP contribution in [0, 0.1) is 10.6 Å². The molecule has 0 saturated heterocycles. The smallest absolute Gasteiger partial charge is 0.216 e. The van der Waals surface area contributed by atoms with Crippen LogP contribution in [0.15, 0.2) is 53.6 Å². The van der Waals surface area contributed by atoms with Gasteiger partial charge in [0.2, 0.25) is 4.77 Å². The topological polar surface area (TPSA) is 66.2 Å². The SMILES string of the molecule is Oc1ccc(/C=N/n2c(-c3cccc(F)c3)n[nH]c2=S)cc1. The summed E-state index contributed by atoms with van der Waals surface area (Å²) < 4.78 is 15.1. The van der Waals surface area contributed by atoms with Crippen molar-refractivity contribution in [1.29, 1.82) is 0 Å². The molecule has 0 unspecified atom stereocenters. The van der Waals surface area contributed by atoms with Gasteiger partial charge in [0, 0.05) is 5.56 Å². The number of H-pyrrole nitrogens is 1. The lowest BCUT2D eigenvalue weighted by atomic mass is 10.2. The third-order valence-corrected chi connectivity index (χ3v) is 3.21. The van der Waals surface area contributed by atoms with Crippen molar-refractivity contribution in [1.82, 2.24) is 14.9 Å². The van der Waals surface area contributed by atoms with Gasteiger partial charge >= 0.3 is 0 Å². The standard InChI is InChI=1S/C15H11FN4OS/c16-12-3-1-2-11(8-12)14-18-19-15(22)20(14)17-9-10-4-6-13(21)7-5-10/h1-9,21H,(H,19,22)/b17-9+. The van der Waals surface area contributed by atoms with Crippen LogP contribution >= 0.6 is 12.2 Å². The fraction of sp³-hybridized carbons (Fsp3) is 0. The van der Waals surface area contributed by atoms with Crippen LogP contribution in [0.4, 0.5) is 4.39 Å². The predicted octanol–water partition coefficient (Wildman–Crippen LogP) is 3.33. The van der Waals surface area contributed by atoms with E-state index in [0.29, 0.717) is 16.2 Å². The van der Waals surface area contributed by atoms with Gasteiger partial charge in [-0.2, -0.15) is 14.9 Å². The van der Waals surface area contributed by atoms with Crippen molar-refractivity contribution in [2.45, 2.75) is 0 Å². The molecule has 7 heteroatoms. The minimum absolute atomic E-state index is 0.178. The summed E-state index contributed by atoms with van der Waals surface area (Å²) >= 11 is 5.14. The zero-order chi connectivity index (χ0) is 15.5. The number of phenolic OH excluding ortho intramolecular Hbond substituents is 1. The third-order valence-electron chi connectivity index (χ3n) is 2.95. The van der Waals surface area contributed by atoms with Gasteiger partial charge in [-0.05, 0) is 54.2 Å². The Kier molecular flexibility index (Phi) is 3.80. The zero-order valence-corrected chi connectivity index (χ0v) is 12.1. The van der Waals surface area contributed by atoms with Gasteiger partial charge < -0.3 is 5.11 Å². The quantitative estimate of drug-likeness (QED) is 0.575. The summed E-state index contributed by atoms with van der Waals surface area (Å²) in [5, 5.41) is 20.2. The molecule has 22 heavy (non-hydrogen) atoms. The number of nitrogens with one attached hydrogen (secondary N) is 1. The fourth-order valence-corrected chi connectivity index (χ4v) is 2.08. The Bertz CT molecular complexity index is 883. The van der Waals surface area contributed by atoms with Crippen molar-refractivity contribution >= 4 is 18.4 Å². The average molecular weight is 314 g/mol. The van der Waals surface area contributed by atoms with Crippen molar-refractivity contribution in [3.8, 4) is 17.1 Å². The van der Waals surface area contributed by atoms with Crippen LogP contribution < -0.4 is 0 Å². The highest BCUT2D eigenvalue weighted by molar-refractivity contribution is 7.71. The Morgan fingerprint density at radius 1 is 1.23 bits per heavy atom. The van der Waals surface area contributed by atoms with E-state index < -0.39 is 0 Å². The maximum atomic E-state index is 13.3. The molecule has 0 fully saturated rings. The van der Waals surface area contributed by atoms with Gasteiger partial charge in [-0.15, -0.1) is 0 Å². The Balaban J connectivity index is 1.99. The lowest BCUT2D eigenvalue weighted by Crippen LogP contribution is -1.95. The lowest BCUT2D eigenvalue weighted by Gasteiger charge is -2.01. The van der Waals surface area contributed by atoms with E-state index in [1.165, 1.54) is 16.8 Å². The highest BCUT2D eigenvalue weighted by Crippen LogP contribution is 2.18. The molecule has 1 heterocycles. The summed E-state index contributed by atoms with van der Waals surface area (Å²) in [6, 6.07) is 12.6. The molecule has 0 aliphatic rings. The summed E-state index contributed by atoms with van der Waals surface area (Å²) in [6.07, 6.45) is 1.58. The van der Waals surface area contributed by atoms with Crippen LogP contribution in [-0.4, -0.2) is 26.2 Å². The van der Waals surface area contributed by atoms with E-state index >= 15 is 0 Å². The van der Waals surface area contributed by atoms with Gasteiger partial charge in [0.25, 0.3) is 0 Å². The third kappa shape index (κ3) is 2.94. The molecule has 2 N–H and O–H groups in total. The molecule has 0 aliphatic heterocycles. The molecular weight excluding hydrogens is 303 g/mol. The van der Waals surface area contributed by atoms with Crippen LogP contribution in [0.2, 0.25) is 0 Å². The maximum absolute atomic E-state index is 13.3. The molecular formula is C15H11FN4OS.